The summed E-state index contributed by atoms with van der Waals surface area (Å²) in [5.41, 5.74) is 1.84. The lowest BCUT2D eigenvalue weighted by Crippen LogP contribution is -2.54. The number of rotatable bonds is 3. The maximum Gasteiger partial charge on any atom is 0.240 e. The number of hydrogen-bond acceptors (Lipinski definition) is 5. The zero-order valence-corrected chi connectivity index (χ0v) is 23.1. The molecular weight excluding hydrogens is 497 g/mol. The van der Waals surface area contributed by atoms with Crippen molar-refractivity contribution >= 4 is 17.6 Å². The molecule has 0 radical (unpaired) electrons. The molecule has 0 bridgehead atoms. The van der Waals surface area contributed by atoms with E-state index in [4.69, 9.17) is 4.74 Å². The van der Waals surface area contributed by atoms with Crippen molar-refractivity contribution in [3.63, 3.8) is 0 Å². The second kappa shape index (κ2) is 13.2. The fraction of sp³-hybridized carbons (Fsp3) is 0.516. The largest absolute Gasteiger partial charge is 0.492 e. The van der Waals surface area contributed by atoms with Gasteiger partial charge >= 0.3 is 0 Å². The van der Waals surface area contributed by atoms with Crippen LogP contribution in [0.1, 0.15) is 50.7 Å². The standard InChI is InChI=1S/C31H40FN3O4/c1-20-19-39-28-9-5-4-7-23(28)8-6-16-33-30(37)25(17-22-10-14-26(32)15-11-22)18-27(36)21(2)35(3)31(38)29(34-20)24-12-13-24/h4-5,7,9-11,14-15,20-21,24-25,29,34H,6,8,12-13,16-19H2,1-3H3,(H,33,37). The molecule has 2 N–H and O–H groups in total. The number of amides is 2. The number of para-hydroxylation sites is 1. The van der Waals surface area contributed by atoms with Crippen LogP contribution in [-0.2, 0) is 27.2 Å². The van der Waals surface area contributed by atoms with Crippen LogP contribution in [-0.4, -0.2) is 60.8 Å². The zero-order chi connectivity index (χ0) is 27.9. The second-order valence-electron chi connectivity index (χ2n) is 11.0. The van der Waals surface area contributed by atoms with Crippen molar-refractivity contribution in [2.45, 2.75) is 70.5 Å². The highest BCUT2D eigenvalue weighted by Gasteiger charge is 2.40. The lowest BCUT2D eigenvalue weighted by atomic mass is 9.91. The molecule has 7 nitrogen and oxygen atoms in total. The van der Waals surface area contributed by atoms with E-state index in [1.54, 1.807) is 26.1 Å². The summed E-state index contributed by atoms with van der Waals surface area (Å²) < 4.78 is 19.6. The lowest BCUT2D eigenvalue weighted by molar-refractivity contribution is -0.140. The molecule has 39 heavy (non-hydrogen) atoms. The molecule has 0 aromatic heterocycles. The van der Waals surface area contributed by atoms with Crippen LogP contribution in [0, 0.1) is 17.7 Å². The van der Waals surface area contributed by atoms with E-state index in [0.29, 0.717) is 26.0 Å². The smallest absolute Gasteiger partial charge is 0.240 e. The van der Waals surface area contributed by atoms with Gasteiger partial charge in [-0.2, -0.15) is 0 Å². The van der Waals surface area contributed by atoms with E-state index >= 15 is 0 Å². The van der Waals surface area contributed by atoms with Crippen molar-refractivity contribution in [3.05, 3.63) is 65.5 Å². The Morgan fingerprint density at radius 2 is 1.74 bits per heavy atom. The maximum atomic E-state index is 13.5. The number of benzene rings is 2. The normalized spacial score (nSPS) is 26.2. The minimum Gasteiger partial charge on any atom is -0.492 e. The predicted molar refractivity (Wildman–Crippen MR) is 148 cm³/mol. The first kappa shape index (κ1) is 28.7. The number of carbonyl (C=O) groups is 3. The lowest BCUT2D eigenvalue weighted by Gasteiger charge is -2.31. The number of nitrogens with zero attached hydrogens (tertiary/aromatic N) is 1. The Morgan fingerprint density at radius 3 is 2.46 bits per heavy atom. The Balaban J connectivity index is 1.56. The highest BCUT2D eigenvalue weighted by Crippen LogP contribution is 2.34. The number of ketones is 1. The predicted octanol–water partition coefficient (Wildman–Crippen LogP) is 3.69. The summed E-state index contributed by atoms with van der Waals surface area (Å²) in [6.07, 6.45) is 3.68. The van der Waals surface area contributed by atoms with Gasteiger partial charge in [0.25, 0.3) is 0 Å². The van der Waals surface area contributed by atoms with Crippen molar-refractivity contribution in [2.75, 3.05) is 20.2 Å². The topological polar surface area (TPSA) is 87.7 Å². The molecule has 1 aliphatic heterocycles. The van der Waals surface area contributed by atoms with Crippen molar-refractivity contribution in [3.8, 4) is 5.75 Å². The van der Waals surface area contributed by atoms with E-state index in [-0.39, 0.29) is 41.8 Å². The molecule has 4 atom stereocenters. The SMILES string of the molecule is CC1COc2ccccc2CCCNC(=O)C(Cc2ccc(F)cc2)CC(=O)C(C)N(C)C(=O)C(C2CC2)N1. The Kier molecular flexibility index (Phi) is 9.73. The van der Waals surface area contributed by atoms with Gasteiger partial charge in [0.1, 0.15) is 18.2 Å². The number of Topliss-reactive ketones (excluding diaryl/α,β-unsaturated/α-hetero) is 1. The first-order chi connectivity index (χ1) is 18.7. The van der Waals surface area contributed by atoms with E-state index in [1.165, 1.54) is 17.0 Å². The fourth-order valence-corrected chi connectivity index (χ4v) is 5.10. The highest BCUT2D eigenvalue weighted by atomic mass is 19.1. The average molecular weight is 538 g/mol. The molecular formula is C31H40FN3O4. The molecule has 1 saturated carbocycles. The molecule has 1 aliphatic carbocycles. The van der Waals surface area contributed by atoms with Crippen molar-refractivity contribution in [1.82, 2.24) is 15.5 Å². The number of ether oxygens (including phenoxy) is 1. The van der Waals surface area contributed by atoms with Gasteiger partial charge in [0, 0.05) is 32.0 Å². The molecule has 2 aliphatic rings. The molecule has 2 aromatic rings. The van der Waals surface area contributed by atoms with Crippen molar-refractivity contribution < 1.29 is 23.5 Å². The van der Waals surface area contributed by atoms with Crippen LogP contribution < -0.4 is 15.4 Å². The average Bonchev–Trinajstić information content (AvgIpc) is 3.78. The summed E-state index contributed by atoms with van der Waals surface area (Å²) in [5.74, 6) is -0.444. The maximum absolute atomic E-state index is 13.5. The summed E-state index contributed by atoms with van der Waals surface area (Å²) >= 11 is 0. The van der Waals surface area contributed by atoms with Crippen LogP contribution in [0.15, 0.2) is 48.5 Å². The molecule has 4 rings (SSSR count). The summed E-state index contributed by atoms with van der Waals surface area (Å²) in [6.45, 7) is 4.59. The quantitative estimate of drug-likeness (QED) is 0.624. The number of nitrogens with one attached hydrogen (secondary N) is 2. The molecule has 1 fully saturated rings. The van der Waals surface area contributed by atoms with Crippen LogP contribution in [0.4, 0.5) is 4.39 Å². The Bertz CT molecular complexity index is 1150. The van der Waals surface area contributed by atoms with E-state index in [0.717, 1.165) is 36.1 Å². The molecule has 0 spiro atoms. The third kappa shape index (κ3) is 7.88. The number of hydrogen-bond donors (Lipinski definition) is 2. The Morgan fingerprint density at radius 1 is 1.03 bits per heavy atom. The van der Waals surface area contributed by atoms with E-state index in [1.807, 2.05) is 31.2 Å². The number of aryl methyl sites for hydroxylation is 1. The first-order valence-corrected chi connectivity index (χ1v) is 14.0. The molecule has 1 heterocycles. The van der Waals surface area contributed by atoms with Crippen LogP contribution in [0.3, 0.4) is 0 Å². The number of fused-ring (bicyclic) bond motifs is 1. The van der Waals surface area contributed by atoms with E-state index < -0.39 is 18.0 Å². The molecule has 8 heteroatoms. The van der Waals surface area contributed by atoms with Gasteiger partial charge in [-0.25, -0.2) is 4.39 Å². The Labute approximate surface area is 230 Å². The summed E-state index contributed by atoms with van der Waals surface area (Å²) in [6, 6.07) is 12.7. The summed E-state index contributed by atoms with van der Waals surface area (Å²) in [5, 5.41) is 6.46. The molecule has 2 amide bonds. The van der Waals surface area contributed by atoms with Gasteiger partial charge < -0.3 is 15.0 Å². The molecule has 2 aromatic carbocycles. The van der Waals surface area contributed by atoms with Crippen molar-refractivity contribution in [1.29, 1.82) is 0 Å². The van der Waals surface area contributed by atoms with Gasteiger partial charge in [0.2, 0.25) is 11.8 Å². The minimum atomic E-state index is -0.679. The van der Waals surface area contributed by atoms with Gasteiger partial charge in [-0.1, -0.05) is 30.3 Å². The molecule has 0 saturated heterocycles. The first-order valence-electron chi connectivity index (χ1n) is 14.0. The van der Waals surface area contributed by atoms with Gasteiger partial charge in [-0.05, 0) is 81.2 Å². The third-order valence-electron chi connectivity index (χ3n) is 7.82. The summed E-state index contributed by atoms with van der Waals surface area (Å²) in [7, 11) is 1.66. The number of carbonyl (C=O) groups excluding carboxylic acids is 3. The molecule has 210 valence electrons. The zero-order valence-electron chi connectivity index (χ0n) is 23.1. The van der Waals surface area contributed by atoms with Gasteiger partial charge in [-0.15, -0.1) is 0 Å². The van der Waals surface area contributed by atoms with Gasteiger partial charge in [-0.3, -0.25) is 19.7 Å². The van der Waals surface area contributed by atoms with Crippen molar-refractivity contribution in [2.24, 2.45) is 11.8 Å². The van der Waals surface area contributed by atoms with E-state index in [2.05, 4.69) is 10.6 Å². The number of halogens is 1. The second-order valence-corrected chi connectivity index (χ2v) is 11.0. The third-order valence-corrected chi connectivity index (χ3v) is 7.82. The fourth-order valence-electron chi connectivity index (χ4n) is 5.10. The Hall–Kier alpha value is -3.26. The summed E-state index contributed by atoms with van der Waals surface area (Å²) in [4.78, 5) is 41.7. The van der Waals surface area contributed by atoms with Crippen LogP contribution in [0.25, 0.3) is 0 Å². The van der Waals surface area contributed by atoms with Crippen LogP contribution in [0.5, 0.6) is 5.75 Å². The van der Waals surface area contributed by atoms with Gasteiger partial charge in [0.15, 0.2) is 5.78 Å². The monoisotopic (exact) mass is 537 g/mol. The van der Waals surface area contributed by atoms with Crippen LogP contribution in [0.2, 0.25) is 0 Å². The molecule has 4 unspecified atom stereocenters. The minimum absolute atomic E-state index is 0.00338. The van der Waals surface area contributed by atoms with Crippen LogP contribution >= 0.6 is 0 Å². The highest BCUT2D eigenvalue weighted by molar-refractivity contribution is 5.93. The van der Waals surface area contributed by atoms with Gasteiger partial charge in [0.05, 0.1) is 12.1 Å². The van der Waals surface area contributed by atoms with E-state index in [9.17, 15) is 18.8 Å². The number of likely N-dealkylation sites (N-methyl/N-ethyl adjacent to an activating group) is 1.